The molecule has 0 unspecified atom stereocenters. The molecular formula is C28H37N4OP. The first-order valence-electron chi connectivity index (χ1n) is 12.3. The topological polar surface area (TPSA) is 57.3 Å². The van der Waals surface area contributed by atoms with Gasteiger partial charge in [-0.3, -0.25) is 4.90 Å². The lowest BCUT2D eigenvalue weighted by atomic mass is 10.1. The summed E-state index contributed by atoms with van der Waals surface area (Å²) in [7, 11) is -2.26. The van der Waals surface area contributed by atoms with Crippen molar-refractivity contribution in [2.45, 2.75) is 46.6 Å². The van der Waals surface area contributed by atoms with Crippen LogP contribution < -0.4 is 15.9 Å². The van der Waals surface area contributed by atoms with Gasteiger partial charge < -0.3 is 15.2 Å². The Balaban J connectivity index is 1.58. The van der Waals surface area contributed by atoms with Crippen LogP contribution in [0.3, 0.4) is 0 Å². The Morgan fingerprint density at radius 2 is 1.53 bits per heavy atom. The standard InChI is InChI=1S/C28H37N4OP/c1-6-32(7-2)19-21-11-13-23(14-12-21)30-28-20(3)27(25-9-8-10-26(25)31-28)29-22-15-17-24(18-16-22)34(4,5)33/h11-18H,6-10,19H2,1-5H3,(H2,29,30,31). The van der Waals surface area contributed by atoms with Gasteiger partial charge in [0.15, 0.2) is 0 Å². The summed E-state index contributed by atoms with van der Waals surface area (Å²) in [6.07, 6.45) is 3.19. The van der Waals surface area contributed by atoms with Gasteiger partial charge in [-0.25, -0.2) is 4.98 Å². The van der Waals surface area contributed by atoms with E-state index in [0.29, 0.717) is 0 Å². The predicted octanol–water partition coefficient (Wildman–Crippen LogP) is 6.46. The molecule has 3 aromatic rings. The van der Waals surface area contributed by atoms with E-state index in [1.165, 1.54) is 16.8 Å². The molecule has 0 spiro atoms. The Bertz CT molecular complexity index is 1180. The maximum absolute atomic E-state index is 12.4. The van der Waals surface area contributed by atoms with Gasteiger partial charge in [0.1, 0.15) is 13.0 Å². The highest BCUT2D eigenvalue weighted by Gasteiger charge is 2.22. The molecule has 6 heteroatoms. The Morgan fingerprint density at radius 3 is 2.15 bits per heavy atom. The van der Waals surface area contributed by atoms with Gasteiger partial charge in [0.05, 0.1) is 5.69 Å². The molecule has 0 atom stereocenters. The normalized spacial score (nSPS) is 13.2. The number of nitrogens with one attached hydrogen (secondary N) is 2. The van der Waals surface area contributed by atoms with Gasteiger partial charge in [-0.15, -0.1) is 0 Å². The SMILES string of the molecule is CCN(CC)Cc1ccc(Nc2nc3c(c(Nc4ccc(P(C)(C)=O)cc4)c2C)CCC3)cc1. The van der Waals surface area contributed by atoms with Crippen LogP contribution in [0.1, 0.15) is 42.7 Å². The molecule has 0 aliphatic heterocycles. The zero-order chi connectivity index (χ0) is 24.3. The van der Waals surface area contributed by atoms with Crippen molar-refractivity contribution in [3.05, 3.63) is 70.9 Å². The summed E-state index contributed by atoms with van der Waals surface area (Å²) < 4.78 is 12.4. The smallest absolute Gasteiger partial charge is 0.135 e. The second-order valence-electron chi connectivity index (χ2n) is 9.55. The molecule has 0 bridgehead atoms. The maximum Gasteiger partial charge on any atom is 0.135 e. The van der Waals surface area contributed by atoms with E-state index in [0.717, 1.165) is 72.6 Å². The van der Waals surface area contributed by atoms with Crippen molar-refractivity contribution < 1.29 is 4.57 Å². The molecule has 2 N–H and O–H groups in total. The number of pyridine rings is 1. The first-order chi connectivity index (χ1) is 16.3. The summed E-state index contributed by atoms with van der Waals surface area (Å²) in [6, 6.07) is 16.7. The predicted molar refractivity (Wildman–Crippen MR) is 146 cm³/mol. The third kappa shape index (κ3) is 5.54. The molecule has 0 saturated heterocycles. The summed E-state index contributed by atoms with van der Waals surface area (Å²) in [5.41, 5.74) is 8.14. The van der Waals surface area contributed by atoms with Crippen LogP contribution in [-0.2, 0) is 24.0 Å². The minimum Gasteiger partial charge on any atom is -0.355 e. The van der Waals surface area contributed by atoms with Crippen molar-refractivity contribution in [3.63, 3.8) is 0 Å². The second-order valence-corrected chi connectivity index (χ2v) is 12.8. The Morgan fingerprint density at radius 1 is 0.912 bits per heavy atom. The van der Waals surface area contributed by atoms with Crippen LogP contribution >= 0.6 is 7.14 Å². The average Bonchev–Trinajstić information content (AvgIpc) is 3.29. The largest absolute Gasteiger partial charge is 0.355 e. The quantitative estimate of drug-likeness (QED) is 0.347. The molecule has 0 radical (unpaired) electrons. The summed E-state index contributed by atoms with van der Waals surface area (Å²) in [5.74, 6) is 0.905. The van der Waals surface area contributed by atoms with Crippen LogP contribution in [0.5, 0.6) is 0 Å². The highest BCUT2D eigenvalue weighted by atomic mass is 31.2. The number of benzene rings is 2. The van der Waals surface area contributed by atoms with Gasteiger partial charge in [-0.05, 0) is 100 Å². The van der Waals surface area contributed by atoms with Gasteiger partial charge in [0.25, 0.3) is 0 Å². The van der Waals surface area contributed by atoms with Gasteiger partial charge in [0.2, 0.25) is 0 Å². The van der Waals surface area contributed by atoms with Crippen molar-refractivity contribution in [3.8, 4) is 0 Å². The summed E-state index contributed by atoms with van der Waals surface area (Å²) >= 11 is 0. The first-order valence-corrected chi connectivity index (χ1v) is 14.9. The van der Waals surface area contributed by atoms with Crippen LogP contribution in [0.2, 0.25) is 0 Å². The third-order valence-corrected chi connectivity index (χ3v) is 8.28. The van der Waals surface area contributed by atoms with E-state index >= 15 is 0 Å². The molecule has 0 fully saturated rings. The molecular weight excluding hydrogens is 439 g/mol. The van der Waals surface area contributed by atoms with Crippen molar-refractivity contribution in [2.75, 3.05) is 37.1 Å². The van der Waals surface area contributed by atoms with Crippen LogP contribution in [0, 0.1) is 6.92 Å². The summed E-state index contributed by atoms with van der Waals surface area (Å²) in [6.45, 7) is 13.2. The number of hydrogen-bond donors (Lipinski definition) is 2. The highest BCUT2D eigenvalue weighted by Crippen LogP contribution is 2.38. The molecule has 1 aliphatic carbocycles. The first kappa shape index (κ1) is 24.5. The molecule has 1 aromatic heterocycles. The second kappa shape index (κ2) is 10.3. The molecule has 1 heterocycles. The highest BCUT2D eigenvalue weighted by molar-refractivity contribution is 7.70. The zero-order valence-electron chi connectivity index (χ0n) is 21.1. The fourth-order valence-corrected chi connectivity index (χ4v) is 5.43. The minimum atomic E-state index is -2.26. The molecule has 0 amide bonds. The third-order valence-electron chi connectivity index (χ3n) is 6.74. The van der Waals surface area contributed by atoms with Crippen LogP contribution in [-0.4, -0.2) is 36.3 Å². The van der Waals surface area contributed by atoms with E-state index in [1.54, 1.807) is 0 Å². The average molecular weight is 477 g/mol. The van der Waals surface area contributed by atoms with Crippen LogP contribution in [0.15, 0.2) is 48.5 Å². The Hall–Kier alpha value is -2.62. The van der Waals surface area contributed by atoms with E-state index in [9.17, 15) is 4.57 Å². The molecule has 5 nitrogen and oxygen atoms in total. The number of anilines is 4. The Labute approximate surface area is 204 Å². The number of aryl methyl sites for hydroxylation is 1. The van der Waals surface area contributed by atoms with Gasteiger partial charge in [0, 0.05) is 34.5 Å². The molecule has 4 rings (SSSR count). The molecule has 2 aromatic carbocycles. The van der Waals surface area contributed by atoms with E-state index in [-0.39, 0.29) is 0 Å². The number of rotatable bonds is 9. The fraction of sp³-hybridized carbons (Fsp3) is 0.393. The van der Waals surface area contributed by atoms with E-state index in [2.05, 4.69) is 60.6 Å². The molecule has 1 aliphatic rings. The van der Waals surface area contributed by atoms with E-state index in [4.69, 9.17) is 4.98 Å². The van der Waals surface area contributed by atoms with Crippen LogP contribution in [0.25, 0.3) is 0 Å². The number of aromatic nitrogens is 1. The molecule has 34 heavy (non-hydrogen) atoms. The van der Waals surface area contributed by atoms with Gasteiger partial charge >= 0.3 is 0 Å². The monoisotopic (exact) mass is 476 g/mol. The van der Waals surface area contributed by atoms with Gasteiger partial charge in [-0.1, -0.05) is 26.0 Å². The van der Waals surface area contributed by atoms with Crippen molar-refractivity contribution in [1.29, 1.82) is 0 Å². The lowest BCUT2D eigenvalue weighted by Gasteiger charge is -2.20. The number of fused-ring (bicyclic) bond motifs is 1. The van der Waals surface area contributed by atoms with Crippen molar-refractivity contribution in [2.24, 2.45) is 0 Å². The number of nitrogens with zero attached hydrogens (tertiary/aromatic N) is 2. The molecule has 0 saturated carbocycles. The Kier molecular flexibility index (Phi) is 7.45. The van der Waals surface area contributed by atoms with Crippen LogP contribution in [0.4, 0.5) is 22.9 Å². The fourth-order valence-electron chi connectivity index (χ4n) is 4.56. The van der Waals surface area contributed by atoms with Crippen molar-refractivity contribution >= 4 is 35.3 Å². The van der Waals surface area contributed by atoms with Gasteiger partial charge in [-0.2, -0.15) is 0 Å². The van der Waals surface area contributed by atoms with E-state index < -0.39 is 7.14 Å². The lowest BCUT2D eigenvalue weighted by molar-refractivity contribution is 0.296. The zero-order valence-corrected chi connectivity index (χ0v) is 22.0. The van der Waals surface area contributed by atoms with E-state index in [1.807, 2.05) is 37.6 Å². The lowest BCUT2D eigenvalue weighted by Crippen LogP contribution is -2.21. The summed E-state index contributed by atoms with van der Waals surface area (Å²) in [5, 5.41) is 8.11. The number of hydrogen-bond acceptors (Lipinski definition) is 5. The molecule has 180 valence electrons. The summed E-state index contributed by atoms with van der Waals surface area (Å²) in [4.78, 5) is 7.41. The maximum atomic E-state index is 12.4. The minimum absolute atomic E-state index is 0.904. The van der Waals surface area contributed by atoms with Crippen molar-refractivity contribution in [1.82, 2.24) is 9.88 Å².